The third-order valence-electron chi connectivity index (χ3n) is 5.96. The fourth-order valence-electron chi connectivity index (χ4n) is 4.26. The van der Waals surface area contributed by atoms with Crippen LogP contribution in [0.5, 0.6) is 0 Å². The molecule has 1 aromatic rings. The number of thioether (sulfide) groups is 1. The Balaban J connectivity index is 1.53. The van der Waals surface area contributed by atoms with E-state index >= 15 is 0 Å². The number of amides is 2. The Bertz CT molecular complexity index is 1100. The minimum Gasteiger partial charge on any atom is -0.477 e. The van der Waals surface area contributed by atoms with Crippen molar-refractivity contribution in [1.82, 2.24) is 20.1 Å². The number of rotatable bonds is 8. The van der Waals surface area contributed by atoms with Crippen LogP contribution in [0.3, 0.4) is 0 Å². The van der Waals surface area contributed by atoms with Gasteiger partial charge >= 0.3 is 5.97 Å². The summed E-state index contributed by atoms with van der Waals surface area (Å²) < 4.78 is 0. The largest absolute Gasteiger partial charge is 0.477 e. The summed E-state index contributed by atoms with van der Waals surface area (Å²) in [5.74, 6) is 0.364. The number of carboxylic acids is 1. The second-order valence-electron chi connectivity index (χ2n) is 7.95. The first-order valence-corrected chi connectivity index (χ1v) is 12.6. The van der Waals surface area contributed by atoms with Crippen molar-refractivity contribution < 1.29 is 24.3 Å². The molecular formula is C21H24N6O5S2. The molecule has 0 aliphatic carbocycles. The summed E-state index contributed by atoms with van der Waals surface area (Å²) in [4.78, 5) is 50.7. The smallest absolute Gasteiger partial charge is 0.352 e. The molecule has 3 atom stereocenters. The van der Waals surface area contributed by atoms with Gasteiger partial charge in [0.05, 0.1) is 0 Å². The highest BCUT2D eigenvalue weighted by atomic mass is 32.2. The maximum Gasteiger partial charge on any atom is 0.352 e. The van der Waals surface area contributed by atoms with Gasteiger partial charge < -0.3 is 21.0 Å². The third-order valence-corrected chi connectivity index (χ3v) is 7.94. The zero-order valence-corrected chi connectivity index (χ0v) is 20.0. The molecule has 13 heteroatoms. The zero-order chi connectivity index (χ0) is 24.4. The van der Waals surface area contributed by atoms with Gasteiger partial charge in [-0.05, 0) is 38.4 Å². The van der Waals surface area contributed by atoms with Crippen molar-refractivity contribution in [3.63, 3.8) is 0 Å². The average Bonchev–Trinajstić information content (AvgIpc) is 3.50. The van der Waals surface area contributed by atoms with E-state index in [1.54, 1.807) is 0 Å². The molecule has 0 saturated carbocycles. The molecule has 34 heavy (non-hydrogen) atoms. The number of carbonyl (C=O) groups is 3. The topological polar surface area (TPSA) is 150 Å². The summed E-state index contributed by atoms with van der Waals surface area (Å²) in [6, 6.07) is -0.991. The number of nitrogens with two attached hydrogens (primary N) is 1. The Kier molecular flexibility index (Phi) is 7.11. The second-order valence-corrected chi connectivity index (χ2v) is 9.94. The molecule has 4 rings (SSSR count). The van der Waals surface area contributed by atoms with Crippen LogP contribution in [0.4, 0.5) is 5.13 Å². The van der Waals surface area contributed by atoms with Gasteiger partial charge in [-0.15, -0.1) is 29.5 Å². The van der Waals surface area contributed by atoms with Gasteiger partial charge in [0.2, 0.25) is 0 Å². The number of nitrogens with zero attached hydrogens (tertiary/aromatic N) is 4. The average molecular weight is 505 g/mol. The van der Waals surface area contributed by atoms with E-state index in [9.17, 15) is 19.5 Å². The van der Waals surface area contributed by atoms with Crippen molar-refractivity contribution in [2.45, 2.75) is 37.2 Å². The fourth-order valence-corrected chi connectivity index (χ4v) is 6.27. The number of terminal acetylenes is 1. The summed E-state index contributed by atoms with van der Waals surface area (Å²) in [6.07, 6.45) is 7.31. The number of oxime groups is 1. The number of anilines is 1. The van der Waals surface area contributed by atoms with Crippen molar-refractivity contribution in [3.8, 4) is 12.3 Å². The molecule has 2 amide bonds. The molecule has 0 radical (unpaired) electrons. The molecule has 180 valence electrons. The number of aliphatic carboxylic acids is 1. The highest BCUT2D eigenvalue weighted by molar-refractivity contribution is 8.00. The van der Waals surface area contributed by atoms with Crippen molar-refractivity contribution in [3.05, 3.63) is 22.3 Å². The summed E-state index contributed by atoms with van der Waals surface area (Å²) in [5.41, 5.74) is 6.41. The number of nitrogens with one attached hydrogen (secondary N) is 1. The lowest BCUT2D eigenvalue weighted by atomic mass is 9.99. The second kappa shape index (κ2) is 10.0. The highest BCUT2D eigenvalue weighted by Gasteiger charge is 2.55. The van der Waals surface area contributed by atoms with Gasteiger partial charge in [0.1, 0.15) is 22.8 Å². The Morgan fingerprint density at radius 3 is 2.82 bits per heavy atom. The Labute approximate surface area is 204 Å². The number of β-lactam (4-membered cyclic amide) rings is 1. The molecule has 0 spiro atoms. The number of nitrogen functional groups attached to an aromatic ring is 1. The predicted molar refractivity (Wildman–Crippen MR) is 128 cm³/mol. The van der Waals surface area contributed by atoms with Gasteiger partial charge in [0, 0.05) is 17.2 Å². The monoisotopic (exact) mass is 504 g/mol. The minimum atomic E-state index is -1.15. The van der Waals surface area contributed by atoms with Crippen molar-refractivity contribution >= 4 is 51.7 Å². The standard InChI is InChI=1S/C21H24N6O5S2/c1-3-8-32-25-14(13-10-34-21(22)23-13)17(28)24-15-18(29)27-16(20(30)31)12(9-33-19(15)27)11(2)26-6-4-5-7-26/h1,10-11,15,19H,4-9H2,2H3,(H2,22,23)(H,24,28)(H,30,31)/t11?,15?,19-/m0/s1. The summed E-state index contributed by atoms with van der Waals surface area (Å²) in [7, 11) is 0. The first-order valence-electron chi connectivity index (χ1n) is 10.6. The molecule has 2 fully saturated rings. The SMILES string of the molecule is C#CCON=C(C(=O)NC1C(=O)N2C(C(=O)O)=C(C(C)N3CCCC3)CS[C@@H]12)c1csc(N)n1. The van der Waals surface area contributed by atoms with E-state index in [1.807, 2.05) is 6.92 Å². The van der Waals surface area contributed by atoms with E-state index in [0.717, 1.165) is 42.8 Å². The first kappa shape index (κ1) is 24.1. The van der Waals surface area contributed by atoms with Gasteiger partial charge in [0.25, 0.3) is 11.8 Å². The number of aromatic nitrogens is 1. The molecule has 11 nitrogen and oxygen atoms in total. The highest BCUT2D eigenvalue weighted by Crippen LogP contribution is 2.42. The van der Waals surface area contributed by atoms with Crippen LogP contribution < -0.4 is 11.1 Å². The van der Waals surface area contributed by atoms with Crippen molar-refractivity contribution in [1.29, 1.82) is 0 Å². The number of carbonyl (C=O) groups excluding carboxylic acids is 2. The van der Waals surface area contributed by atoms with Gasteiger partial charge in [-0.3, -0.25) is 19.4 Å². The molecule has 3 aliphatic heterocycles. The number of hydrogen-bond donors (Lipinski definition) is 3. The van der Waals surface area contributed by atoms with Gasteiger partial charge in [-0.2, -0.15) is 0 Å². The third kappa shape index (κ3) is 4.48. The van der Waals surface area contributed by atoms with Crippen LogP contribution in [0, 0.1) is 12.3 Å². The zero-order valence-electron chi connectivity index (χ0n) is 18.4. The number of thiazole rings is 1. The van der Waals surface area contributed by atoms with Crippen LogP contribution in [-0.4, -0.2) is 86.3 Å². The van der Waals surface area contributed by atoms with Crippen LogP contribution >= 0.6 is 23.1 Å². The van der Waals surface area contributed by atoms with Crippen LogP contribution in [0.2, 0.25) is 0 Å². The van der Waals surface area contributed by atoms with E-state index in [0.29, 0.717) is 5.75 Å². The summed E-state index contributed by atoms with van der Waals surface area (Å²) in [6.45, 7) is 3.63. The van der Waals surface area contributed by atoms with Crippen LogP contribution in [0.25, 0.3) is 0 Å². The molecule has 4 heterocycles. The lowest BCUT2D eigenvalue weighted by molar-refractivity contribution is -0.150. The van der Waals surface area contributed by atoms with Crippen LogP contribution in [-0.2, 0) is 19.2 Å². The fraction of sp³-hybridized carbons (Fsp3) is 0.476. The summed E-state index contributed by atoms with van der Waals surface area (Å²) >= 11 is 2.55. The molecule has 0 aromatic carbocycles. The maximum atomic E-state index is 13.0. The van der Waals surface area contributed by atoms with Crippen LogP contribution in [0.1, 0.15) is 25.5 Å². The summed E-state index contributed by atoms with van der Waals surface area (Å²) in [5, 5.41) is 17.6. The van der Waals surface area contributed by atoms with Crippen molar-refractivity contribution in [2.24, 2.45) is 5.16 Å². The molecular weight excluding hydrogens is 480 g/mol. The normalized spacial score (nSPS) is 23.7. The molecule has 1 aromatic heterocycles. The molecule has 2 unspecified atom stereocenters. The minimum absolute atomic E-state index is 0.0113. The van der Waals surface area contributed by atoms with Crippen molar-refractivity contribution in [2.75, 3.05) is 31.2 Å². The lowest BCUT2D eigenvalue weighted by Gasteiger charge is -2.50. The Hall–Kier alpha value is -3.08. The Morgan fingerprint density at radius 1 is 1.47 bits per heavy atom. The van der Waals surface area contributed by atoms with Gasteiger partial charge in [-0.1, -0.05) is 11.1 Å². The maximum absolute atomic E-state index is 13.0. The van der Waals surface area contributed by atoms with Crippen LogP contribution in [0.15, 0.2) is 21.8 Å². The number of fused-ring (bicyclic) bond motifs is 1. The number of carboxylic acid groups (broad SMARTS) is 1. The van der Waals surface area contributed by atoms with E-state index in [4.69, 9.17) is 17.0 Å². The molecule has 3 aliphatic rings. The quantitative estimate of drug-likeness (QED) is 0.149. The first-order chi connectivity index (χ1) is 16.3. The van der Waals surface area contributed by atoms with Gasteiger partial charge in [-0.25, -0.2) is 9.78 Å². The lowest BCUT2D eigenvalue weighted by Crippen LogP contribution is -2.71. The van der Waals surface area contributed by atoms with Gasteiger partial charge in [0.15, 0.2) is 17.5 Å². The van der Waals surface area contributed by atoms with E-state index in [1.165, 1.54) is 22.0 Å². The molecule has 2 saturated heterocycles. The molecule has 4 N–H and O–H groups in total. The molecule has 0 bridgehead atoms. The van der Waals surface area contributed by atoms with E-state index in [-0.39, 0.29) is 34.9 Å². The van der Waals surface area contributed by atoms with E-state index in [2.05, 4.69) is 26.3 Å². The number of likely N-dealkylation sites (tertiary alicyclic amines) is 1. The predicted octanol–water partition coefficient (Wildman–Crippen LogP) is 0.302. The number of hydrogen-bond acceptors (Lipinski definition) is 10. The van der Waals surface area contributed by atoms with E-state index < -0.39 is 29.2 Å². The Morgan fingerprint density at radius 2 is 2.21 bits per heavy atom.